The zero-order valence-corrected chi connectivity index (χ0v) is 13.6. The van der Waals surface area contributed by atoms with Crippen LogP contribution in [0.2, 0.25) is 0 Å². The van der Waals surface area contributed by atoms with Crippen molar-refractivity contribution in [2.24, 2.45) is 0 Å². The van der Waals surface area contributed by atoms with Crippen LogP contribution in [0.5, 0.6) is 0 Å². The summed E-state index contributed by atoms with van der Waals surface area (Å²) in [4.78, 5) is 12.2. The summed E-state index contributed by atoms with van der Waals surface area (Å²) in [6, 6.07) is 13.6. The number of carbonyl (C=O) groups excluding carboxylic acids is 1. The molecule has 0 aliphatic heterocycles. The van der Waals surface area contributed by atoms with E-state index in [0.29, 0.717) is 16.8 Å². The Hall–Kier alpha value is -2.34. The Morgan fingerprint density at radius 2 is 1.78 bits per heavy atom. The van der Waals surface area contributed by atoms with Crippen LogP contribution in [0.4, 0.5) is 5.69 Å². The predicted molar refractivity (Wildman–Crippen MR) is 88.9 cm³/mol. The molecule has 6 heteroatoms. The van der Waals surface area contributed by atoms with Crippen LogP contribution >= 0.6 is 0 Å². The van der Waals surface area contributed by atoms with Gasteiger partial charge in [0.05, 0.1) is 4.90 Å². The molecule has 0 spiro atoms. The smallest absolute Gasteiger partial charge is 0.262 e. The number of amides is 1. The zero-order chi connectivity index (χ0) is 16.4. The number of benzene rings is 2. The van der Waals surface area contributed by atoms with E-state index in [4.69, 9.17) is 0 Å². The van der Waals surface area contributed by atoms with Crippen LogP contribution in [0.25, 0.3) is 0 Å². The van der Waals surface area contributed by atoms with Crippen molar-refractivity contribution in [1.82, 2.24) is 5.32 Å². The molecule has 1 saturated carbocycles. The summed E-state index contributed by atoms with van der Waals surface area (Å²) < 4.78 is 27.7. The molecule has 5 nitrogen and oxygen atoms in total. The fraction of sp³-hybridized carbons (Fsp3) is 0.235. The van der Waals surface area contributed by atoms with Gasteiger partial charge < -0.3 is 5.32 Å². The Labute approximate surface area is 135 Å². The molecule has 0 unspecified atom stereocenters. The molecule has 0 bridgehead atoms. The van der Waals surface area contributed by atoms with Gasteiger partial charge in [-0.3, -0.25) is 9.52 Å². The van der Waals surface area contributed by atoms with E-state index < -0.39 is 10.0 Å². The van der Waals surface area contributed by atoms with Crippen molar-refractivity contribution in [1.29, 1.82) is 0 Å². The maximum absolute atomic E-state index is 12.6. The van der Waals surface area contributed by atoms with Crippen LogP contribution in [-0.2, 0) is 10.0 Å². The summed E-state index contributed by atoms with van der Waals surface area (Å²) in [6.07, 6.45) is 1.97. The lowest BCUT2D eigenvalue weighted by atomic mass is 10.1. The number of nitrogens with one attached hydrogen (secondary N) is 2. The number of hydrogen-bond acceptors (Lipinski definition) is 3. The van der Waals surface area contributed by atoms with Crippen molar-refractivity contribution in [2.45, 2.75) is 30.7 Å². The Balaban J connectivity index is 1.89. The van der Waals surface area contributed by atoms with Crippen molar-refractivity contribution in [3.63, 3.8) is 0 Å². The molecule has 120 valence electrons. The SMILES string of the molecule is Cc1ccc(C(=O)NC2CC2)cc1S(=O)(=O)Nc1ccccc1. The van der Waals surface area contributed by atoms with Crippen LogP contribution in [0.1, 0.15) is 28.8 Å². The van der Waals surface area contributed by atoms with Crippen LogP contribution < -0.4 is 10.0 Å². The van der Waals surface area contributed by atoms with Gasteiger partial charge in [-0.1, -0.05) is 24.3 Å². The highest BCUT2D eigenvalue weighted by atomic mass is 32.2. The minimum Gasteiger partial charge on any atom is -0.349 e. The van der Waals surface area contributed by atoms with Crippen molar-refractivity contribution in [3.05, 3.63) is 59.7 Å². The molecule has 0 radical (unpaired) electrons. The van der Waals surface area contributed by atoms with Gasteiger partial charge in [-0.05, 0) is 49.6 Å². The van der Waals surface area contributed by atoms with Crippen LogP contribution in [0.15, 0.2) is 53.4 Å². The predicted octanol–water partition coefficient (Wildman–Crippen LogP) is 2.69. The Morgan fingerprint density at radius 3 is 2.43 bits per heavy atom. The fourth-order valence-corrected chi connectivity index (χ4v) is 3.57. The monoisotopic (exact) mass is 330 g/mol. The lowest BCUT2D eigenvalue weighted by Crippen LogP contribution is -2.26. The fourth-order valence-electron chi connectivity index (χ4n) is 2.24. The third-order valence-electron chi connectivity index (χ3n) is 3.68. The average Bonchev–Trinajstić information content (AvgIpc) is 3.32. The molecule has 0 atom stereocenters. The number of aryl methyl sites for hydroxylation is 1. The molecule has 0 aromatic heterocycles. The lowest BCUT2D eigenvalue weighted by molar-refractivity contribution is 0.0951. The Bertz CT molecular complexity index is 828. The molecule has 23 heavy (non-hydrogen) atoms. The summed E-state index contributed by atoms with van der Waals surface area (Å²) in [5.74, 6) is -0.233. The van der Waals surface area contributed by atoms with Gasteiger partial charge in [0.1, 0.15) is 0 Å². The van der Waals surface area contributed by atoms with E-state index >= 15 is 0 Å². The van der Waals surface area contributed by atoms with E-state index in [0.717, 1.165) is 12.8 Å². The highest BCUT2D eigenvalue weighted by Crippen LogP contribution is 2.22. The van der Waals surface area contributed by atoms with E-state index in [2.05, 4.69) is 10.0 Å². The minimum absolute atomic E-state index is 0.116. The molecule has 2 aromatic carbocycles. The summed E-state index contributed by atoms with van der Waals surface area (Å²) in [5.41, 5.74) is 1.44. The van der Waals surface area contributed by atoms with Crippen molar-refractivity contribution in [2.75, 3.05) is 4.72 Å². The molecule has 2 N–H and O–H groups in total. The van der Waals surface area contributed by atoms with Gasteiger partial charge in [-0.25, -0.2) is 8.42 Å². The molecular formula is C17H18N2O3S. The second kappa shape index (κ2) is 6.04. The molecule has 1 fully saturated rings. The van der Waals surface area contributed by atoms with Crippen LogP contribution in [0.3, 0.4) is 0 Å². The van der Waals surface area contributed by atoms with E-state index in [-0.39, 0.29) is 16.8 Å². The maximum atomic E-state index is 12.6. The molecule has 3 rings (SSSR count). The first kappa shape index (κ1) is 15.6. The number of hydrogen-bond donors (Lipinski definition) is 2. The van der Waals surface area contributed by atoms with Crippen molar-refractivity contribution < 1.29 is 13.2 Å². The number of rotatable bonds is 5. The quantitative estimate of drug-likeness (QED) is 0.885. The Morgan fingerprint density at radius 1 is 1.09 bits per heavy atom. The average molecular weight is 330 g/mol. The standard InChI is InChI=1S/C17H18N2O3S/c1-12-7-8-13(17(20)18-14-9-10-14)11-16(12)23(21,22)19-15-5-3-2-4-6-15/h2-8,11,14,19H,9-10H2,1H3,(H,18,20). The largest absolute Gasteiger partial charge is 0.349 e. The van der Waals surface area contributed by atoms with Gasteiger partial charge in [0.2, 0.25) is 0 Å². The summed E-state index contributed by atoms with van der Waals surface area (Å²) in [6.45, 7) is 1.71. The molecule has 0 heterocycles. The second-order valence-corrected chi connectivity index (χ2v) is 7.35. The number of para-hydroxylation sites is 1. The molecule has 1 amide bonds. The molecular weight excluding hydrogens is 312 g/mol. The minimum atomic E-state index is -3.74. The van der Waals surface area contributed by atoms with Crippen molar-refractivity contribution in [3.8, 4) is 0 Å². The third-order valence-corrected chi connectivity index (χ3v) is 5.20. The van der Waals surface area contributed by atoms with Gasteiger partial charge in [0.15, 0.2) is 0 Å². The van der Waals surface area contributed by atoms with Gasteiger partial charge in [0.25, 0.3) is 15.9 Å². The number of carbonyl (C=O) groups is 1. The normalized spacial score (nSPS) is 14.3. The van der Waals surface area contributed by atoms with Crippen LogP contribution in [0, 0.1) is 6.92 Å². The Kier molecular flexibility index (Phi) is 4.09. The summed E-state index contributed by atoms with van der Waals surface area (Å²) >= 11 is 0. The first-order valence-electron chi connectivity index (χ1n) is 7.45. The van der Waals surface area contributed by atoms with E-state index in [1.165, 1.54) is 6.07 Å². The molecule has 0 saturated heterocycles. The lowest BCUT2D eigenvalue weighted by Gasteiger charge is -2.12. The van der Waals surface area contributed by atoms with Crippen molar-refractivity contribution >= 4 is 21.6 Å². The van der Waals surface area contributed by atoms with Gasteiger partial charge in [-0.15, -0.1) is 0 Å². The zero-order valence-electron chi connectivity index (χ0n) is 12.7. The van der Waals surface area contributed by atoms with E-state index in [1.807, 2.05) is 6.07 Å². The first-order valence-corrected chi connectivity index (χ1v) is 8.93. The maximum Gasteiger partial charge on any atom is 0.262 e. The topological polar surface area (TPSA) is 75.3 Å². The summed E-state index contributed by atoms with van der Waals surface area (Å²) in [5, 5.41) is 2.86. The van der Waals surface area contributed by atoms with Gasteiger partial charge >= 0.3 is 0 Å². The van der Waals surface area contributed by atoms with Crippen LogP contribution in [-0.4, -0.2) is 20.4 Å². The molecule has 1 aliphatic carbocycles. The number of sulfonamides is 1. The van der Waals surface area contributed by atoms with Gasteiger partial charge in [-0.2, -0.15) is 0 Å². The molecule has 2 aromatic rings. The first-order chi connectivity index (χ1) is 11.0. The molecule has 1 aliphatic rings. The van der Waals surface area contributed by atoms with E-state index in [9.17, 15) is 13.2 Å². The van der Waals surface area contributed by atoms with E-state index in [1.54, 1.807) is 43.3 Å². The summed E-state index contributed by atoms with van der Waals surface area (Å²) in [7, 11) is -3.74. The third kappa shape index (κ3) is 3.71. The number of anilines is 1. The van der Waals surface area contributed by atoms with Gasteiger partial charge in [0, 0.05) is 17.3 Å². The highest BCUT2D eigenvalue weighted by molar-refractivity contribution is 7.92. The highest BCUT2D eigenvalue weighted by Gasteiger charge is 2.25. The second-order valence-electron chi connectivity index (χ2n) is 5.70.